The molecule has 0 aromatic carbocycles. The van der Waals surface area contributed by atoms with Crippen molar-refractivity contribution < 1.29 is 22.7 Å². The normalized spacial score (nSPS) is 16.7. The first-order chi connectivity index (χ1) is 10.2. The molecule has 1 aliphatic heterocycles. The number of amides is 2. The number of likely N-dealkylation sites (N-methyl/N-ethyl adjacent to an activating group) is 2. The molecule has 0 aromatic rings. The van der Waals surface area contributed by atoms with E-state index >= 15 is 0 Å². The smallest absolute Gasteiger partial charge is 0.409 e. The zero-order valence-corrected chi connectivity index (χ0v) is 14.3. The second-order valence-corrected chi connectivity index (χ2v) is 7.17. The highest BCUT2D eigenvalue weighted by molar-refractivity contribution is 7.86. The Balaban J connectivity index is 2.61. The van der Waals surface area contributed by atoms with E-state index in [0.29, 0.717) is 0 Å². The van der Waals surface area contributed by atoms with Gasteiger partial charge in [0.1, 0.15) is 0 Å². The van der Waals surface area contributed by atoms with Crippen molar-refractivity contribution in [3.8, 4) is 0 Å². The first-order valence-corrected chi connectivity index (χ1v) is 8.43. The van der Waals surface area contributed by atoms with Crippen LogP contribution in [0.3, 0.4) is 0 Å². The summed E-state index contributed by atoms with van der Waals surface area (Å²) in [5, 5.41) is 0. The van der Waals surface area contributed by atoms with Gasteiger partial charge in [-0.1, -0.05) is 0 Å². The summed E-state index contributed by atoms with van der Waals surface area (Å²) in [5.41, 5.74) is 0. The van der Waals surface area contributed by atoms with Gasteiger partial charge in [-0.3, -0.25) is 4.79 Å². The van der Waals surface area contributed by atoms with E-state index in [1.165, 1.54) is 21.2 Å². The van der Waals surface area contributed by atoms with Crippen molar-refractivity contribution >= 4 is 22.2 Å². The summed E-state index contributed by atoms with van der Waals surface area (Å²) in [6.07, 6.45) is -0.435. The lowest BCUT2D eigenvalue weighted by Gasteiger charge is -2.35. The SMILES string of the molecule is CCOC(=O)N1CCN(S(=O)(=O)N(C)CC(=O)N(C)C)CC1. The van der Waals surface area contributed by atoms with Gasteiger partial charge in [0.05, 0.1) is 13.2 Å². The van der Waals surface area contributed by atoms with Crippen LogP contribution in [0.4, 0.5) is 4.79 Å². The molecule has 0 unspecified atom stereocenters. The highest BCUT2D eigenvalue weighted by atomic mass is 32.2. The van der Waals surface area contributed by atoms with Gasteiger partial charge < -0.3 is 14.5 Å². The minimum Gasteiger partial charge on any atom is -0.450 e. The summed E-state index contributed by atoms with van der Waals surface area (Å²) >= 11 is 0. The van der Waals surface area contributed by atoms with E-state index in [9.17, 15) is 18.0 Å². The van der Waals surface area contributed by atoms with Crippen molar-refractivity contribution in [1.29, 1.82) is 0 Å². The van der Waals surface area contributed by atoms with Crippen LogP contribution in [0.15, 0.2) is 0 Å². The van der Waals surface area contributed by atoms with Gasteiger partial charge in [0.2, 0.25) is 5.91 Å². The third kappa shape index (κ3) is 4.55. The van der Waals surface area contributed by atoms with Crippen LogP contribution in [0.5, 0.6) is 0 Å². The van der Waals surface area contributed by atoms with E-state index in [1.54, 1.807) is 21.0 Å². The standard InChI is InChI=1S/C12H24N4O5S/c1-5-21-12(18)15-6-8-16(9-7-15)22(19,20)14(4)10-11(17)13(2)3/h5-10H2,1-4H3. The van der Waals surface area contributed by atoms with Crippen LogP contribution >= 0.6 is 0 Å². The fourth-order valence-corrected chi connectivity index (χ4v) is 3.22. The number of nitrogens with zero attached hydrogens (tertiary/aromatic N) is 4. The van der Waals surface area contributed by atoms with Gasteiger partial charge in [0.15, 0.2) is 0 Å². The van der Waals surface area contributed by atoms with Crippen LogP contribution in [0.2, 0.25) is 0 Å². The number of carbonyl (C=O) groups is 2. The van der Waals surface area contributed by atoms with Gasteiger partial charge >= 0.3 is 6.09 Å². The quantitative estimate of drug-likeness (QED) is 0.644. The van der Waals surface area contributed by atoms with E-state index in [2.05, 4.69) is 0 Å². The molecule has 0 spiro atoms. The number of rotatable bonds is 5. The topological polar surface area (TPSA) is 90.5 Å². The number of hydrogen-bond donors (Lipinski definition) is 0. The Morgan fingerprint density at radius 1 is 1.09 bits per heavy atom. The molecule has 2 amide bonds. The third-order valence-electron chi connectivity index (χ3n) is 3.34. The molecule has 1 rings (SSSR count). The second kappa shape index (κ2) is 7.75. The highest BCUT2D eigenvalue weighted by Crippen LogP contribution is 2.11. The van der Waals surface area contributed by atoms with Crippen molar-refractivity contribution in [2.45, 2.75) is 6.92 Å². The maximum atomic E-state index is 12.4. The lowest BCUT2D eigenvalue weighted by molar-refractivity contribution is -0.128. The minimum atomic E-state index is -3.71. The maximum Gasteiger partial charge on any atom is 0.409 e. The Hall–Kier alpha value is -1.39. The number of carbonyl (C=O) groups excluding carboxylic acids is 2. The molecule has 0 bridgehead atoms. The van der Waals surface area contributed by atoms with Crippen molar-refractivity contribution in [2.75, 3.05) is 60.5 Å². The molecule has 1 aliphatic rings. The molecule has 0 atom stereocenters. The fraction of sp³-hybridized carbons (Fsp3) is 0.833. The zero-order valence-electron chi connectivity index (χ0n) is 13.5. The molecule has 128 valence electrons. The molecule has 9 nitrogen and oxygen atoms in total. The van der Waals surface area contributed by atoms with Crippen LogP contribution in [0.1, 0.15) is 6.92 Å². The summed E-state index contributed by atoms with van der Waals surface area (Å²) in [6.45, 7) is 2.69. The molecular weight excluding hydrogens is 312 g/mol. The van der Waals surface area contributed by atoms with Crippen molar-refractivity contribution in [3.63, 3.8) is 0 Å². The van der Waals surface area contributed by atoms with Crippen LogP contribution in [0, 0.1) is 0 Å². The van der Waals surface area contributed by atoms with Crippen LogP contribution in [-0.2, 0) is 19.7 Å². The maximum absolute atomic E-state index is 12.4. The lowest BCUT2D eigenvalue weighted by atomic mass is 10.4. The molecule has 1 fully saturated rings. The molecule has 0 N–H and O–H groups in total. The average molecular weight is 336 g/mol. The lowest BCUT2D eigenvalue weighted by Crippen LogP contribution is -2.54. The Kier molecular flexibility index (Phi) is 6.57. The molecule has 22 heavy (non-hydrogen) atoms. The first-order valence-electron chi connectivity index (χ1n) is 7.03. The Morgan fingerprint density at radius 2 is 1.64 bits per heavy atom. The van der Waals surface area contributed by atoms with Gasteiger partial charge in [0.25, 0.3) is 10.2 Å². The molecule has 0 aromatic heterocycles. The van der Waals surface area contributed by atoms with Crippen molar-refractivity contribution in [3.05, 3.63) is 0 Å². The number of piperazine rings is 1. The van der Waals surface area contributed by atoms with Crippen LogP contribution in [0.25, 0.3) is 0 Å². The Morgan fingerprint density at radius 3 is 2.09 bits per heavy atom. The predicted octanol–water partition coefficient (Wildman–Crippen LogP) is -0.975. The largest absolute Gasteiger partial charge is 0.450 e. The third-order valence-corrected chi connectivity index (χ3v) is 5.28. The minimum absolute atomic E-state index is 0.182. The molecule has 10 heteroatoms. The van der Waals surface area contributed by atoms with Crippen LogP contribution < -0.4 is 0 Å². The van der Waals surface area contributed by atoms with E-state index in [4.69, 9.17) is 4.74 Å². The monoisotopic (exact) mass is 336 g/mol. The highest BCUT2D eigenvalue weighted by Gasteiger charge is 2.33. The van der Waals surface area contributed by atoms with Crippen LogP contribution in [-0.4, -0.2) is 99.3 Å². The number of hydrogen-bond acceptors (Lipinski definition) is 5. The molecule has 0 saturated carbocycles. The molecule has 1 saturated heterocycles. The molecule has 0 radical (unpaired) electrons. The summed E-state index contributed by atoms with van der Waals surface area (Å²) < 4.78 is 32.0. The number of ether oxygens (including phenoxy) is 1. The van der Waals surface area contributed by atoms with Gasteiger partial charge in [0, 0.05) is 47.3 Å². The molecule has 1 heterocycles. The van der Waals surface area contributed by atoms with Crippen molar-refractivity contribution in [1.82, 2.24) is 18.4 Å². The van der Waals surface area contributed by atoms with Gasteiger partial charge in [-0.2, -0.15) is 17.0 Å². The summed E-state index contributed by atoms with van der Waals surface area (Å²) in [4.78, 5) is 26.0. The first kappa shape index (κ1) is 18.7. The summed E-state index contributed by atoms with van der Waals surface area (Å²) in [6, 6.07) is 0. The van der Waals surface area contributed by atoms with Crippen molar-refractivity contribution in [2.24, 2.45) is 0 Å². The van der Waals surface area contributed by atoms with Gasteiger partial charge in [-0.25, -0.2) is 4.79 Å². The molecule has 0 aliphatic carbocycles. The average Bonchev–Trinajstić information content (AvgIpc) is 2.47. The van der Waals surface area contributed by atoms with Gasteiger partial charge in [-0.05, 0) is 6.92 Å². The summed E-state index contributed by atoms with van der Waals surface area (Å²) in [5.74, 6) is -0.295. The van der Waals surface area contributed by atoms with E-state index in [1.807, 2.05) is 0 Å². The Labute approximate surface area is 131 Å². The van der Waals surface area contributed by atoms with E-state index in [0.717, 1.165) is 4.31 Å². The van der Waals surface area contributed by atoms with E-state index < -0.39 is 16.3 Å². The predicted molar refractivity (Wildman–Crippen MR) is 80.4 cm³/mol. The van der Waals surface area contributed by atoms with E-state index in [-0.39, 0.29) is 45.2 Å². The van der Waals surface area contributed by atoms with Gasteiger partial charge in [-0.15, -0.1) is 0 Å². The molecular formula is C12H24N4O5S. The second-order valence-electron chi connectivity index (χ2n) is 5.14. The zero-order chi connectivity index (χ0) is 16.9. The fourth-order valence-electron chi connectivity index (χ4n) is 1.93. The Bertz CT molecular complexity index is 500. The summed E-state index contributed by atoms with van der Waals surface area (Å²) in [7, 11) is 0.799.